The van der Waals surface area contributed by atoms with Crippen LogP contribution in [0.1, 0.15) is 13.8 Å². The Balaban J connectivity index is 3.46. The van der Waals surface area contributed by atoms with Gasteiger partial charge < -0.3 is 15.5 Å². The van der Waals surface area contributed by atoms with Gasteiger partial charge in [-0.05, 0) is 20.1 Å². The molecule has 0 aliphatic carbocycles. The molecule has 1 unspecified atom stereocenters. The van der Waals surface area contributed by atoms with E-state index in [0.717, 1.165) is 0 Å². The van der Waals surface area contributed by atoms with Gasteiger partial charge in [0.25, 0.3) is 0 Å². The maximum Gasteiger partial charge on any atom is 0.0833 e. The maximum atomic E-state index is 9.66. The molecule has 0 aliphatic heterocycles. The van der Waals surface area contributed by atoms with Gasteiger partial charge in [-0.15, -0.1) is 0 Å². The van der Waals surface area contributed by atoms with E-state index in [1.54, 1.807) is 25.6 Å². The van der Waals surface area contributed by atoms with Gasteiger partial charge in [-0.1, -0.05) is 0 Å². The standard InChI is InChI=1S/C8H19NO2S/c1-7(10)4-9-5-8(2,11)6-12-3/h7,9-11H,4-6H2,1-3H3/t7-,8?/m0/s1. The topological polar surface area (TPSA) is 52.5 Å². The minimum atomic E-state index is -0.672. The predicted octanol–water partition coefficient (Wildman–Crippen LogP) is 0.0708. The lowest BCUT2D eigenvalue weighted by Gasteiger charge is -2.22. The lowest BCUT2D eigenvalue weighted by molar-refractivity contribution is 0.0800. The van der Waals surface area contributed by atoms with Crippen molar-refractivity contribution in [3.05, 3.63) is 0 Å². The van der Waals surface area contributed by atoms with Crippen LogP contribution in [0.25, 0.3) is 0 Å². The van der Waals surface area contributed by atoms with Crippen LogP contribution in [0.4, 0.5) is 0 Å². The Hall–Kier alpha value is 0.230. The van der Waals surface area contributed by atoms with Gasteiger partial charge in [-0.3, -0.25) is 0 Å². The van der Waals surface area contributed by atoms with E-state index in [0.29, 0.717) is 18.8 Å². The van der Waals surface area contributed by atoms with Crippen molar-refractivity contribution < 1.29 is 10.2 Å². The summed E-state index contributed by atoms with van der Waals surface area (Å²) in [5.74, 6) is 0.708. The molecule has 0 rings (SSSR count). The highest BCUT2D eigenvalue weighted by Gasteiger charge is 2.18. The summed E-state index contributed by atoms with van der Waals surface area (Å²) in [5, 5.41) is 21.6. The number of rotatable bonds is 6. The van der Waals surface area contributed by atoms with Gasteiger partial charge in [0.1, 0.15) is 0 Å². The second kappa shape index (κ2) is 5.80. The molecule has 0 amide bonds. The molecule has 74 valence electrons. The molecule has 4 heteroatoms. The Labute approximate surface area is 78.6 Å². The van der Waals surface area contributed by atoms with Crippen LogP contribution in [-0.2, 0) is 0 Å². The number of hydrogen-bond donors (Lipinski definition) is 3. The zero-order chi connectivity index (χ0) is 9.61. The number of nitrogens with one attached hydrogen (secondary N) is 1. The number of aliphatic hydroxyl groups is 2. The molecule has 2 atom stereocenters. The summed E-state index contributed by atoms with van der Waals surface area (Å²) < 4.78 is 0. The fraction of sp³-hybridized carbons (Fsp3) is 1.00. The van der Waals surface area contributed by atoms with Crippen molar-refractivity contribution in [2.75, 3.05) is 25.1 Å². The molecular weight excluding hydrogens is 174 g/mol. The Morgan fingerprint density at radius 3 is 2.58 bits per heavy atom. The molecule has 0 saturated carbocycles. The van der Waals surface area contributed by atoms with Gasteiger partial charge in [-0.2, -0.15) is 11.8 Å². The van der Waals surface area contributed by atoms with Crippen LogP contribution < -0.4 is 5.32 Å². The summed E-state index contributed by atoms with van der Waals surface area (Å²) >= 11 is 1.61. The first-order valence-corrected chi connectivity index (χ1v) is 5.47. The number of hydrogen-bond acceptors (Lipinski definition) is 4. The average Bonchev–Trinajstić information content (AvgIpc) is 1.85. The van der Waals surface area contributed by atoms with Crippen LogP contribution >= 0.6 is 11.8 Å². The van der Waals surface area contributed by atoms with Gasteiger partial charge in [0, 0.05) is 18.8 Å². The Kier molecular flexibility index (Phi) is 5.92. The van der Waals surface area contributed by atoms with Crippen LogP contribution in [0.3, 0.4) is 0 Å². The zero-order valence-corrected chi connectivity index (χ0v) is 8.82. The molecule has 0 radical (unpaired) electrons. The van der Waals surface area contributed by atoms with Crippen LogP contribution in [-0.4, -0.2) is 47.0 Å². The fourth-order valence-electron chi connectivity index (χ4n) is 0.912. The van der Waals surface area contributed by atoms with Crippen molar-refractivity contribution in [3.63, 3.8) is 0 Å². The Bertz CT molecular complexity index is 118. The molecule has 12 heavy (non-hydrogen) atoms. The summed E-state index contributed by atoms with van der Waals surface area (Å²) in [6.45, 7) is 4.57. The molecule has 0 saturated heterocycles. The van der Waals surface area contributed by atoms with Crippen molar-refractivity contribution in [2.24, 2.45) is 0 Å². The summed E-state index contributed by atoms with van der Waals surface area (Å²) in [6.07, 6.45) is 1.61. The van der Waals surface area contributed by atoms with Crippen molar-refractivity contribution in [3.8, 4) is 0 Å². The lowest BCUT2D eigenvalue weighted by atomic mass is 10.1. The van der Waals surface area contributed by atoms with Gasteiger partial charge in [0.2, 0.25) is 0 Å². The van der Waals surface area contributed by atoms with Crippen molar-refractivity contribution in [1.82, 2.24) is 5.32 Å². The molecule has 0 aromatic rings. The number of aliphatic hydroxyl groups excluding tert-OH is 1. The Morgan fingerprint density at radius 1 is 1.58 bits per heavy atom. The van der Waals surface area contributed by atoms with Crippen molar-refractivity contribution in [1.29, 1.82) is 0 Å². The monoisotopic (exact) mass is 193 g/mol. The number of thioether (sulfide) groups is 1. The van der Waals surface area contributed by atoms with E-state index >= 15 is 0 Å². The third-order valence-corrected chi connectivity index (χ3v) is 2.31. The average molecular weight is 193 g/mol. The highest BCUT2D eigenvalue weighted by atomic mass is 32.2. The summed E-state index contributed by atoms with van der Waals surface area (Å²) in [7, 11) is 0. The molecule has 0 bridgehead atoms. The molecular formula is C8H19NO2S. The van der Waals surface area contributed by atoms with Crippen LogP contribution in [0.15, 0.2) is 0 Å². The molecule has 0 spiro atoms. The van der Waals surface area contributed by atoms with Crippen LogP contribution in [0.2, 0.25) is 0 Å². The zero-order valence-electron chi connectivity index (χ0n) is 8.00. The molecule has 0 fully saturated rings. The fourth-order valence-corrected chi connectivity index (χ4v) is 1.64. The smallest absolute Gasteiger partial charge is 0.0833 e. The highest BCUT2D eigenvalue weighted by Crippen LogP contribution is 2.08. The molecule has 0 aromatic carbocycles. The summed E-state index contributed by atoms with van der Waals surface area (Å²) in [6, 6.07) is 0. The van der Waals surface area contributed by atoms with Gasteiger partial charge in [0.15, 0.2) is 0 Å². The van der Waals surface area contributed by atoms with Crippen molar-refractivity contribution >= 4 is 11.8 Å². The van der Waals surface area contributed by atoms with E-state index in [2.05, 4.69) is 5.32 Å². The van der Waals surface area contributed by atoms with Crippen LogP contribution in [0, 0.1) is 0 Å². The van der Waals surface area contributed by atoms with E-state index < -0.39 is 5.60 Å². The second-order valence-electron chi connectivity index (χ2n) is 3.41. The highest BCUT2D eigenvalue weighted by molar-refractivity contribution is 7.98. The van der Waals surface area contributed by atoms with Gasteiger partial charge in [-0.25, -0.2) is 0 Å². The first-order valence-electron chi connectivity index (χ1n) is 4.08. The SMILES string of the molecule is CSCC(C)(O)CNC[C@H](C)O. The maximum absolute atomic E-state index is 9.66. The Morgan fingerprint density at radius 2 is 2.17 bits per heavy atom. The largest absolute Gasteiger partial charge is 0.392 e. The molecule has 0 aliphatic rings. The van der Waals surface area contributed by atoms with E-state index in [1.165, 1.54) is 0 Å². The van der Waals surface area contributed by atoms with Gasteiger partial charge in [0.05, 0.1) is 11.7 Å². The van der Waals surface area contributed by atoms with Crippen molar-refractivity contribution in [2.45, 2.75) is 25.6 Å². The van der Waals surface area contributed by atoms with E-state index in [9.17, 15) is 5.11 Å². The summed E-state index contributed by atoms with van der Waals surface area (Å²) in [4.78, 5) is 0. The van der Waals surface area contributed by atoms with Crippen LogP contribution in [0.5, 0.6) is 0 Å². The minimum absolute atomic E-state index is 0.352. The molecule has 0 aromatic heterocycles. The second-order valence-corrected chi connectivity index (χ2v) is 4.28. The van der Waals surface area contributed by atoms with Gasteiger partial charge >= 0.3 is 0 Å². The van der Waals surface area contributed by atoms with E-state index in [-0.39, 0.29) is 6.10 Å². The first kappa shape index (κ1) is 12.2. The first-order chi connectivity index (χ1) is 5.48. The molecule has 0 heterocycles. The predicted molar refractivity (Wildman–Crippen MR) is 53.6 cm³/mol. The molecule has 3 N–H and O–H groups in total. The normalized spacial score (nSPS) is 18.8. The summed E-state index contributed by atoms with van der Waals surface area (Å²) in [5.41, 5.74) is -0.672. The third-order valence-electron chi connectivity index (χ3n) is 1.40. The third kappa shape index (κ3) is 6.91. The minimum Gasteiger partial charge on any atom is -0.392 e. The van der Waals surface area contributed by atoms with E-state index in [1.807, 2.05) is 6.26 Å². The molecule has 3 nitrogen and oxygen atoms in total. The van der Waals surface area contributed by atoms with E-state index in [4.69, 9.17) is 5.11 Å². The quantitative estimate of drug-likeness (QED) is 0.559. The lowest BCUT2D eigenvalue weighted by Crippen LogP contribution is -2.42.